The molecule has 5 nitrogen and oxygen atoms in total. The zero-order valence-corrected chi connectivity index (χ0v) is 14.9. The molecule has 2 aromatic rings. The Balaban J connectivity index is 1.47. The molecule has 3 rings (SSSR count). The summed E-state index contributed by atoms with van der Waals surface area (Å²) in [5.41, 5.74) is 3.23. The monoisotopic (exact) mass is 339 g/mol. The van der Waals surface area contributed by atoms with Gasteiger partial charge >= 0.3 is 0 Å². The van der Waals surface area contributed by atoms with E-state index in [1.807, 2.05) is 36.1 Å². The molecule has 0 radical (unpaired) electrons. The Bertz CT molecular complexity index is 690. The average Bonchev–Trinajstić information content (AvgIpc) is 2.65. The summed E-state index contributed by atoms with van der Waals surface area (Å²) in [6.45, 7) is 6.25. The van der Waals surface area contributed by atoms with Crippen LogP contribution in [0, 0.1) is 6.92 Å². The first-order valence-electron chi connectivity index (χ1n) is 8.68. The number of piperazine rings is 1. The van der Waals surface area contributed by atoms with Gasteiger partial charge in [-0.2, -0.15) is 0 Å². The lowest BCUT2D eigenvalue weighted by Crippen LogP contribution is -2.48. The molecule has 0 aliphatic carbocycles. The van der Waals surface area contributed by atoms with Crippen molar-refractivity contribution in [3.63, 3.8) is 0 Å². The number of hydrogen-bond donors (Lipinski definition) is 0. The van der Waals surface area contributed by atoms with Gasteiger partial charge in [0.15, 0.2) is 0 Å². The summed E-state index contributed by atoms with van der Waals surface area (Å²) in [6.07, 6.45) is 2.24. The molecule has 0 bridgehead atoms. The third-order valence-electron chi connectivity index (χ3n) is 4.62. The van der Waals surface area contributed by atoms with E-state index >= 15 is 0 Å². The molecule has 0 N–H and O–H groups in total. The fourth-order valence-corrected chi connectivity index (χ4v) is 3.03. The van der Waals surface area contributed by atoms with E-state index in [-0.39, 0.29) is 5.91 Å². The maximum absolute atomic E-state index is 12.5. The van der Waals surface area contributed by atoms with Crippen LogP contribution in [-0.2, 0) is 17.8 Å². The minimum Gasteiger partial charge on any atom is -0.497 e. The largest absolute Gasteiger partial charge is 0.497 e. The smallest absolute Gasteiger partial charge is 0.227 e. The van der Waals surface area contributed by atoms with Crippen LogP contribution < -0.4 is 4.74 Å². The molecule has 0 spiro atoms. The maximum atomic E-state index is 12.5. The molecular formula is C20H25N3O2. The molecule has 0 atom stereocenters. The Labute approximate surface area is 149 Å². The Morgan fingerprint density at radius 1 is 1.04 bits per heavy atom. The summed E-state index contributed by atoms with van der Waals surface area (Å²) in [5, 5.41) is 0. The molecule has 5 heteroatoms. The third-order valence-corrected chi connectivity index (χ3v) is 4.62. The van der Waals surface area contributed by atoms with Crippen molar-refractivity contribution in [2.24, 2.45) is 0 Å². The van der Waals surface area contributed by atoms with E-state index in [9.17, 15) is 4.79 Å². The van der Waals surface area contributed by atoms with Crippen molar-refractivity contribution in [3.05, 3.63) is 59.4 Å². The van der Waals surface area contributed by atoms with Gasteiger partial charge in [0.1, 0.15) is 5.75 Å². The van der Waals surface area contributed by atoms with Gasteiger partial charge in [-0.3, -0.25) is 14.7 Å². The number of carbonyl (C=O) groups is 1. The van der Waals surface area contributed by atoms with Gasteiger partial charge in [-0.05, 0) is 36.2 Å². The minimum absolute atomic E-state index is 0.190. The lowest BCUT2D eigenvalue weighted by atomic mass is 10.1. The number of hydrogen-bond acceptors (Lipinski definition) is 4. The zero-order chi connectivity index (χ0) is 17.6. The van der Waals surface area contributed by atoms with Crippen molar-refractivity contribution < 1.29 is 9.53 Å². The summed E-state index contributed by atoms with van der Waals surface area (Å²) < 4.78 is 5.19. The van der Waals surface area contributed by atoms with Gasteiger partial charge < -0.3 is 9.64 Å². The van der Waals surface area contributed by atoms with Crippen LogP contribution in [0.5, 0.6) is 5.75 Å². The van der Waals surface area contributed by atoms with Gasteiger partial charge in [-0.25, -0.2) is 0 Å². The zero-order valence-electron chi connectivity index (χ0n) is 14.9. The van der Waals surface area contributed by atoms with E-state index in [1.165, 1.54) is 5.56 Å². The number of pyridine rings is 1. The SMILES string of the molecule is COc1ccc(CN2CCN(C(=O)Cc3ccc(C)nc3)CC2)cc1. The third kappa shape index (κ3) is 4.79. The number of carbonyl (C=O) groups excluding carboxylic acids is 1. The summed E-state index contributed by atoms with van der Waals surface area (Å²) in [6, 6.07) is 12.1. The van der Waals surface area contributed by atoms with Crippen molar-refractivity contribution in [1.29, 1.82) is 0 Å². The number of rotatable bonds is 5. The van der Waals surface area contributed by atoms with E-state index < -0.39 is 0 Å². The summed E-state index contributed by atoms with van der Waals surface area (Å²) >= 11 is 0. The topological polar surface area (TPSA) is 45.7 Å². The quantitative estimate of drug-likeness (QED) is 0.838. The molecule has 1 aromatic carbocycles. The van der Waals surface area contributed by atoms with Gasteiger partial charge in [0.05, 0.1) is 13.5 Å². The first-order valence-corrected chi connectivity index (χ1v) is 8.68. The predicted octanol–water partition coefficient (Wildman–Crippen LogP) is 2.29. The molecule has 1 aliphatic rings. The summed E-state index contributed by atoms with van der Waals surface area (Å²) in [5.74, 6) is 1.07. The van der Waals surface area contributed by atoms with Crippen molar-refractivity contribution in [1.82, 2.24) is 14.8 Å². The molecule has 1 amide bonds. The number of aryl methyl sites for hydroxylation is 1. The Hall–Kier alpha value is -2.40. The van der Waals surface area contributed by atoms with E-state index in [0.29, 0.717) is 6.42 Å². The second-order valence-electron chi connectivity index (χ2n) is 6.49. The van der Waals surface area contributed by atoms with Crippen LogP contribution in [0.15, 0.2) is 42.6 Å². The highest BCUT2D eigenvalue weighted by molar-refractivity contribution is 5.78. The average molecular weight is 339 g/mol. The normalized spacial score (nSPS) is 15.2. The fourth-order valence-electron chi connectivity index (χ4n) is 3.03. The van der Waals surface area contributed by atoms with E-state index in [1.54, 1.807) is 13.3 Å². The number of methoxy groups -OCH3 is 1. The van der Waals surface area contributed by atoms with Crippen LogP contribution >= 0.6 is 0 Å². The van der Waals surface area contributed by atoms with Crippen molar-refractivity contribution in [2.75, 3.05) is 33.3 Å². The predicted molar refractivity (Wildman–Crippen MR) is 97.5 cm³/mol. The number of aromatic nitrogens is 1. The summed E-state index contributed by atoms with van der Waals surface area (Å²) in [4.78, 5) is 21.1. The van der Waals surface area contributed by atoms with Gasteiger partial charge in [-0.15, -0.1) is 0 Å². The van der Waals surface area contributed by atoms with E-state index in [4.69, 9.17) is 4.74 Å². The van der Waals surface area contributed by atoms with Crippen LogP contribution in [0.3, 0.4) is 0 Å². The second kappa shape index (κ2) is 8.12. The molecule has 132 valence electrons. The van der Waals surface area contributed by atoms with Crippen LogP contribution in [0.4, 0.5) is 0 Å². The van der Waals surface area contributed by atoms with E-state index in [0.717, 1.165) is 49.7 Å². The molecular weight excluding hydrogens is 314 g/mol. The Kier molecular flexibility index (Phi) is 5.66. The number of amides is 1. The standard InChI is InChI=1S/C20H25N3O2/c1-16-3-4-18(14-21-16)13-20(24)23-11-9-22(10-12-23)15-17-5-7-19(25-2)8-6-17/h3-8,14H,9-13,15H2,1-2H3. The van der Waals surface area contributed by atoms with Crippen molar-refractivity contribution in [3.8, 4) is 5.75 Å². The molecule has 1 saturated heterocycles. The minimum atomic E-state index is 0.190. The van der Waals surface area contributed by atoms with Crippen molar-refractivity contribution in [2.45, 2.75) is 19.9 Å². The van der Waals surface area contributed by atoms with Gasteiger partial charge in [-0.1, -0.05) is 18.2 Å². The van der Waals surface area contributed by atoms with Crippen LogP contribution in [-0.4, -0.2) is 54.0 Å². The number of nitrogens with zero attached hydrogens (tertiary/aromatic N) is 3. The van der Waals surface area contributed by atoms with Gasteiger partial charge in [0.2, 0.25) is 5.91 Å². The Morgan fingerprint density at radius 3 is 2.32 bits per heavy atom. The Morgan fingerprint density at radius 2 is 1.72 bits per heavy atom. The molecule has 25 heavy (non-hydrogen) atoms. The first-order chi connectivity index (χ1) is 12.1. The van der Waals surface area contributed by atoms with Gasteiger partial charge in [0, 0.05) is 44.6 Å². The van der Waals surface area contributed by atoms with Crippen LogP contribution in [0.2, 0.25) is 0 Å². The van der Waals surface area contributed by atoms with Crippen LogP contribution in [0.1, 0.15) is 16.8 Å². The highest BCUT2D eigenvalue weighted by Gasteiger charge is 2.21. The molecule has 0 unspecified atom stereocenters. The highest BCUT2D eigenvalue weighted by atomic mass is 16.5. The molecule has 1 aliphatic heterocycles. The molecule has 0 saturated carbocycles. The lowest BCUT2D eigenvalue weighted by Gasteiger charge is -2.34. The van der Waals surface area contributed by atoms with E-state index in [2.05, 4.69) is 22.0 Å². The highest BCUT2D eigenvalue weighted by Crippen LogP contribution is 2.14. The second-order valence-corrected chi connectivity index (χ2v) is 6.49. The molecule has 2 heterocycles. The fraction of sp³-hybridized carbons (Fsp3) is 0.400. The molecule has 1 aromatic heterocycles. The maximum Gasteiger partial charge on any atom is 0.227 e. The number of benzene rings is 1. The summed E-state index contributed by atoms with van der Waals surface area (Å²) in [7, 11) is 1.68. The lowest BCUT2D eigenvalue weighted by molar-refractivity contribution is -0.132. The number of ether oxygens (including phenoxy) is 1. The van der Waals surface area contributed by atoms with Crippen LogP contribution in [0.25, 0.3) is 0 Å². The van der Waals surface area contributed by atoms with Gasteiger partial charge in [0.25, 0.3) is 0 Å². The molecule has 1 fully saturated rings. The first kappa shape index (κ1) is 17.4. The van der Waals surface area contributed by atoms with Crippen molar-refractivity contribution >= 4 is 5.91 Å².